The lowest BCUT2D eigenvalue weighted by Gasteiger charge is -2.33. The molecule has 0 aromatic heterocycles. The molecule has 0 amide bonds. The number of hydrogen-bond acceptors (Lipinski definition) is 2. The summed E-state index contributed by atoms with van der Waals surface area (Å²) < 4.78 is 5.16. The first-order valence-corrected chi connectivity index (χ1v) is 6.67. The minimum absolute atomic E-state index is 0.676. The summed E-state index contributed by atoms with van der Waals surface area (Å²) in [6.07, 6.45) is 10.2. The Morgan fingerprint density at radius 1 is 1.44 bits per heavy atom. The molecule has 1 saturated carbocycles. The van der Waals surface area contributed by atoms with E-state index < -0.39 is 0 Å². The first kappa shape index (κ1) is 13.7. The van der Waals surface area contributed by atoms with Gasteiger partial charge in [0.05, 0.1) is 6.61 Å². The van der Waals surface area contributed by atoms with Gasteiger partial charge in [-0.3, -0.25) is 4.90 Å². The summed E-state index contributed by atoms with van der Waals surface area (Å²) in [5.74, 6) is 0. The molecule has 0 spiro atoms. The van der Waals surface area contributed by atoms with E-state index in [2.05, 4.69) is 24.9 Å². The second-order valence-electron chi connectivity index (χ2n) is 4.83. The average Bonchev–Trinajstić information content (AvgIpc) is 2.33. The normalized spacial score (nSPS) is 24.2. The summed E-state index contributed by atoms with van der Waals surface area (Å²) in [7, 11) is 4.04. The zero-order valence-corrected chi connectivity index (χ0v) is 11.2. The van der Waals surface area contributed by atoms with E-state index in [9.17, 15) is 0 Å². The van der Waals surface area contributed by atoms with Crippen molar-refractivity contribution in [3.63, 3.8) is 0 Å². The van der Waals surface area contributed by atoms with Crippen LogP contribution < -0.4 is 0 Å². The number of unbranched alkanes of at least 4 members (excludes halogenated alkanes) is 1. The van der Waals surface area contributed by atoms with Crippen molar-refractivity contribution in [2.24, 2.45) is 0 Å². The van der Waals surface area contributed by atoms with Gasteiger partial charge in [-0.15, -0.1) is 0 Å². The molecule has 0 heterocycles. The van der Waals surface area contributed by atoms with Crippen LogP contribution in [0.4, 0.5) is 0 Å². The molecule has 2 nitrogen and oxygen atoms in total. The highest BCUT2D eigenvalue weighted by atomic mass is 16.5. The minimum atomic E-state index is 0.676. The third-order valence-electron chi connectivity index (χ3n) is 3.53. The van der Waals surface area contributed by atoms with Crippen LogP contribution >= 0.6 is 0 Å². The number of rotatable bonds is 6. The number of methoxy groups -OCH3 is 1. The Kier molecular flexibility index (Phi) is 6.74. The zero-order valence-electron chi connectivity index (χ0n) is 11.2. The number of nitrogens with zero attached hydrogens (tertiary/aromatic N) is 1. The van der Waals surface area contributed by atoms with Crippen molar-refractivity contribution in [1.82, 2.24) is 4.90 Å². The van der Waals surface area contributed by atoms with Gasteiger partial charge in [0.25, 0.3) is 0 Å². The maximum atomic E-state index is 5.16. The summed E-state index contributed by atoms with van der Waals surface area (Å²) in [5, 5.41) is 0. The largest absolute Gasteiger partial charge is 0.381 e. The van der Waals surface area contributed by atoms with Crippen molar-refractivity contribution in [3.05, 3.63) is 11.6 Å². The quantitative estimate of drug-likeness (QED) is 0.643. The van der Waals surface area contributed by atoms with Crippen LogP contribution in [0.5, 0.6) is 0 Å². The fraction of sp³-hybridized carbons (Fsp3) is 0.857. The van der Waals surface area contributed by atoms with Crippen molar-refractivity contribution in [3.8, 4) is 0 Å². The van der Waals surface area contributed by atoms with Crippen molar-refractivity contribution >= 4 is 0 Å². The Bertz CT molecular complexity index is 213. The Labute approximate surface area is 101 Å². The van der Waals surface area contributed by atoms with E-state index in [1.807, 2.05) is 0 Å². The Hall–Kier alpha value is -0.340. The predicted octanol–water partition coefficient (Wildman–Crippen LogP) is 3.23. The maximum absolute atomic E-state index is 5.16. The summed E-state index contributed by atoms with van der Waals surface area (Å²) in [6.45, 7) is 4.26. The van der Waals surface area contributed by atoms with Crippen molar-refractivity contribution in [2.45, 2.75) is 51.5 Å². The molecule has 0 N–H and O–H groups in total. The first-order valence-electron chi connectivity index (χ1n) is 6.67. The molecular weight excluding hydrogens is 198 g/mol. The SMILES string of the molecule is CCCCN(C)C1CCCC/C1=C\COC. The van der Waals surface area contributed by atoms with Crippen LogP contribution in [-0.2, 0) is 4.74 Å². The number of ether oxygens (including phenoxy) is 1. The lowest BCUT2D eigenvalue weighted by atomic mass is 9.88. The van der Waals surface area contributed by atoms with Gasteiger partial charge in [0.15, 0.2) is 0 Å². The summed E-state index contributed by atoms with van der Waals surface area (Å²) in [5.41, 5.74) is 1.60. The predicted molar refractivity (Wildman–Crippen MR) is 69.8 cm³/mol. The fourth-order valence-corrected chi connectivity index (χ4v) is 2.51. The lowest BCUT2D eigenvalue weighted by molar-refractivity contribution is 0.218. The molecular formula is C14H27NO. The number of likely N-dealkylation sites (N-methyl/N-ethyl adjacent to an activating group) is 1. The molecule has 1 fully saturated rings. The van der Waals surface area contributed by atoms with Crippen molar-refractivity contribution in [2.75, 3.05) is 27.3 Å². The number of hydrogen-bond donors (Lipinski definition) is 0. The van der Waals surface area contributed by atoms with Crippen LogP contribution in [0.15, 0.2) is 11.6 Å². The van der Waals surface area contributed by atoms with Crippen LogP contribution in [0, 0.1) is 0 Å². The molecule has 16 heavy (non-hydrogen) atoms. The average molecular weight is 225 g/mol. The van der Waals surface area contributed by atoms with Crippen LogP contribution in [0.2, 0.25) is 0 Å². The molecule has 1 aliphatic rings. The molecule has 1 aliphatic carbocycles. The topological polar surface area (TPSA) is 12.5 Å². The Balaban J connectivity index is 2.51. The lowest BCUT2D eigenvalue weighted by Crippen LogP contribution is -2.36. The molecule has 0 radical (unpaired) electrons. The second kappa shape index (κ2) is 7.86. The van der Waals surface area contributed by atoms with Gasteiger partial charge in [-0.05, 0) is 39.3 Å². The molecule has 0 aromatic carbocycles. The van der Waals surface area contributed by atoms with E-state index >= 15 is 0 Å². The molecule has 1 rings (SSSR count). The molecule has 0 saturated heterocycles. The van der Waals surface area contributed by atoms with Gasteiger partial charge in [-0.1, -0.05) is 31.4 Å². The van der Waals surface area contributed by atoms with Gasteiger partial charge in [-0.25, -0.2) is 0 Å². The summed E-state index contributed by atoms with van der Waals surface area (Å²) >= 11 is 0. The van der Waals surface area contributed by atoms with E-state index in [0.717, 1.165) is 6.61 Å². The Morgan fingerprint density at radius 3 is 2.94 bits per heavy atom. The van der Waals surface area contributed by atoms with E-state index in [0.29, 0.717) is 6.04 Å². The zero-order chi connectivity index (χ0) is 11.8. The van der Waals surface area contributed by atoms with Gasteiger partial charge in [-0.2, -0.15) is 0 Å². The van der Waals surface area contributed by atoms with Gasteiger partial charge in [0, 0.05) is 13.2 Å². The first-order chi connectivity index (χ1) is 7.79. The molecule has 0 aliphatic heterocycles. The van der Waals surface area contributed by atoms with Crippen molar-refractivity contribution < 1.29 is 4.74 Å². The highest BCUT2D eigenvalue weighted by molar-refractivity contribution is 5.13. The molecule has 2 heteroatoms. The standard InChI is InChI=1S/C14H27NO/c1-4-5-11-15(2)14-9-7-6-8-13(14)10-12-16-3/h10,14H,4-9,11-12H2,1-3H3/b13-10+. The van der Waals surface area contributed by atoms with Crippen LogP contribution in [0.1, 0.15) is 45.4 Å². The van der Waals surface area contributed by atoms with Crippen LogP contribution in [0.25, 0.3) is 0 Å². The van der Waals surface area contributed by atoms with Gasteiger partial charge >= 0.3 is 0 Å². The highest BCUT2D eigenvalue weighted by Gasteiger charge is 2.21. The maximum Gasteiger partial charge on any atom is 0.0646 e. The van der Waals surface area contributed by atoms with Crippen LogP contribution in [0.3, 0.4) is 0 Å². The minimum Gasteiger partial charge on any atom is -0.381 e. The third kappa shape index (κ3) is 4.26. The monoisotopic (exact) mass is 225 g/mol. The molecule has 94 valence electrons. The van der Waals surface area contributed by atoms with E-state index in [4.69, 9.17) is 4.74 Å². The molecule has 1 unspecified atom stereocenters. The molecule has 0 bridgehead atoms. The van der Waals surface area contributed by atoms with E-state index in [1.54, 1.807) is 12.7 Å². The van der Waals surface area contributed by atoms with E-state index in [1.165, 1.54) is 45.1 Å². The third-order valence-corrected chi connectivity index (χ3v) is 3.53. The molecule has 1 atom stereocenters. The molecule has 0 aromatic rings. The van der Waals surface area contributed by atoms with Gasteiger partial charge < -0.3 is 4.74 Å². The fourth-order valence-electron chi connectivity index (χ4n) is 2.51. The van der Waals surface area contributed by atoms with Gasteiger partial charge in [0.1, 0.15) is 0 Å². The highest BCUT2D eigenvalue weighted by Crippen LogP contribution is 2.27. The van der Waals surface area contributed by atoms with E-state index in [-0.39, 0.29) is 0 Å². The van der Waals surface area contributed by atoms with Gasteiger partial charge in [0.2, 0.25) is 0 Å². The van der Waals surface area contributed by atoms with Crippen LogP contribution in [-0.4, -0.2) is 38.3 Å². The summed E-state index contributed by atoms with van der Waals surface area (Å²) in [6, 6.07) is 0.676. The summed E-state index contributed by atoms with van der Waals surface area (Å²) in [4.78, 5) is 2.53. The Morgan fingerprint density at radius 2 is 2.25 bits per heavy atom. The second-order valence-corrected chi connectivity index (χ2v) is 4.83. The van der Waals surface area contributed by atoms with Crippen molar-refractivity contribution in [1.29, 1.82) is 0 Å². The smallest absolute Gasteiger partial charge is 0.0646 e.